The van der Waals surface area contributed by atoms with E-state index >= 15 is 0 Å². The van der Waals surface area contributed by atoms with Crippen LogP contribution in [0.1, 0.15) is 36.5 Å². The van der Waals surface area contributed by atoms with Gasteiger partial charge in [-0.25, -0.2) is 4.79 Å². The second-order valence-electron chi connectivity index (χ2n) is 6.31. The number of ether oxygens (including phenoxy) is 1. The Bertz CT molecular complexity index is 694. The van der Waals surface area contributed by atoms with E-state index in [4.69, 9.17) is 9.15 Å². The molecule has 2 amide bonds. The second-order valence-corrected chi connectivity index (χ2v) is 6.31. The van der Waals surface area contributed by atoms with Crippen LogP contribution in [0, 0.1) is 6.92 Å². The van der Waals surface area contributed by atoms with E-state index in [2.05, 4.69) is 10.4 Å². The predicted molar refractivity (Wildman–Crippen MR) is 93.3 cm³/mol. The number of hydrogen-bond acceptors (Lipinski definition) is 4. The van der Waals surface area contributed by atoms with Crippen LogP contribution in [0.15, 0.2) is 28.9 Å². The summed E-state index contributed by atoms with van der Waals surface area (Å²) in [7, 11) is 0. The normalized spacial score (nSPS) is 17.7. The van der Waals surface area contributed by atoms with Crippen molar-refractivity contribution in [2.75, 3.05) is 26.3 Å². The van der Waals surface area contributed by atoms with Gasteiger partial charge in [0.1, 0.15) is 17.6 Å². The van der Waals surface area contributed by atoms with Crippen LogP contribution in [0.25, 0.3) is 0 Å². The number of nitrogens with one attached hydrogen (secondary N) is 1. The summed E-state index contributed by atoms with van der Waals surface area (Å²) in [6.07, 6.45) is 5.52. The lowest BCUT2D eigenvalue weighted by molar-refractivity contribution is 0.00401. The molecule has 1 atom stereocenters. The topological polar surface area (TPSA) is 72.5 Å². The van der Waals surface area contributed by atoms with Crippen LogP contribution in [0.3, 0.4) is 0 Å². The summed E-state index contributed by atoms with van der Waals surface area (Å²) >= 11 is 0. The monoisotopic (exact) mass is 346 g/mol. The number of furan rings is 1. The molecule has 0 saturated carbocycles. The van der Waals surface area contributed by atoms with E-state index < -0.39 is 0 Å². The minimum atomic E-state index is -0.164. The zero-order chi connectivity index (χ0) is 17.6. The van der Waals surface area contributed by atoms with Gasteiger partial charge < -0.3 is 19.4 Å². The van der Waals surface area contributed by atoms with Crippen molar-refractivity contribution < 1.29 is 13.9 Å². The molecule has 0 aliphatic carbocycles. The minimum Gasteiger partial charge on any atom is -0.464 e. The first-order valence-electron chi connectivity index (χ1n) is 8.87. The molecule has 2 aromatic rings. The third-order valence-corrected chi connectivity index (χ3v) is 4.35. The number of aromatic nitrogens is 2. The lowest BCUT2D eigenvalue weighted by Gasteiger charge is -2.34. The van der Waals surface area contributed by atoms with Crippen LogP contribution in [-0.4, -0.2) is 47.0 Å². The molecule has 0 bridgehead atoms. The molecule has 1 unspecified atom stereocenters. The average Bonchev–Trinajstić information content (AvgIpc) is 3.27. The van der Waals surface area contributed by atoms with E-state index in [1.807, 2.05) is 43.1 Å². The summed E-state index contributed by atoms with van der Waals surface area (Å²) in [4.78, 5) is 14.4. The molecule has 136 valence electrons. The molecule has 3 rings (SSSR count). The fourth-order valence-electron chi connectivity index (χ4n) is 2.97. The zero-order valence-electron chi connectivity index (χ0n) is 14.9. The highest BCUT2D eigenvalue weighted by Gasteiger charge is 2.30. The molecule has 1 aliphatic rings. The third-order valence-electron chi connectivity index (χ3n) is 4.35. The van der Waals surface area contributed by atoms with Crippen molar-refractivity contribution in [3.8, 4) is 0 Å². The Morgan fingerprint density at radius 3 is 3.04 bits per heavy atom. The standard InChI is InChI=1S/C18H26N4O3/c1-3-15-5-6-17(25-15)16-13-24-10-9-22(16)18(23)19-7-4-8-21-12-14(2)11-20-21/h5-6,11-12,16H,3-4,7-10,13H2,1-2H3,(H,19,23). The highest BCUT2D eigenvalue weighted by atomic mass is 16.5. The highest BCUT2D eigenvalue weighted by molar-refractivity contribution is 5.74. The molecule has 0 radical (unpaired) electrons. The van der Waals surface area contributed by atoms with Gasteiger partial charge in [-0.15, -0.1) is 0 Å². The Balaban J connectivity index is 1.51. The Labute approximate surface area is 147 Å². The van der Waals surface area contributed by atoms with Gasteiger partial charge in [-0.3, -0.25) is 4.68 Å². The Kier molecular flexibility index (Phi) is 5.75. The number of aryl methyl sites for hydroxylation is 3. The number of amides is 2. The highest BCUT2D eigenvalue weighted by Crippen LogP contribution is 2.26. The van der Waals surface area contributed by atoms with Gasteiger partial charge in [0.2, 0.25) is 0 Å². The first kappa shape index (κ1) is 17.5. The molecule has 0 aromatic carbocycles. The van der Waals surface area contributed by atoms with E-state index in [9.17, 15) is 4.79 Å². The molecule has 7 nitrogen and oxygen atoms in total. The summed E-state index contributed by atoms with van der Waals surface area (Å²) in [5.74, 6) is 1.72. The summed E-state index contributed by atoms with van der Waals surface area (Å²) in [5.41, 5.74) is 1.14. The van der Waals surface area contributed by atoms with E-state index in [0.29, 0.717) is 26.3 Å². The van der Waals surface area contributed by atoms with Gasteiger partial charge in [-0.05, 0) is 31.0 Å². The van der Waals surface area contributed by atoms with Crippen LogP contribution in [0.4, 0.5) is 4.79 Å². The predicted octanol–water partition coefficient (Wildman–Crippen LogP) is 2.52. The van der Waals surface area contributed by atoms with Gasteiger partial charge in [0.05, 0.1) is 19.4 Å². The van der Waals surface area contributed by atoms with E-state index in [0.717, 1.165) is 36.5 Å². The van der Waals surface area contributed by atoms with Crippen molar-refractivity contribution in [1.29, 1.82) is 0 Å². The number of rotatable bonds is 6. The fourth-order valence-corrected chi connectivity index (χ4v) is 2.97. The number of hydrogen-bond donors (Lipinski definition) is 1. The smallest absolute Gasteiger partial charge is 0.318 e. The molecular weight excluding hydrogens is 320 g/mol. The van der Waals surface area contributed by atoms with Crippen LogP contribution < -0.4 is 5.32 Å². The Morgan fingerprint density at radius 2 is 2.32 bits per heavy atom. The Hall–Kier alpha value is -2.28. The van der Waals surface area contributed by atoms with Gasteiger partial charge >= 0.3 is 6.03 Å². The number of morpholine rings is 1. The molecule has 0 spiro atoms. The molecule has 1 aliphatic heterocycles. The van der Waals surface area contributed by atoms with Gasteiger partial charge in [0.25, 0.3) is 0 Å². The molecular formula is C18H26N4O3. The average molecular weight is 346 g/mol. The maximum atomic E-state index is 12.6. The quantitative estimate of drug-likeness (QED) is 0.816. The summed E-state index contributed by atoms with van der Waals surface area (Å²) in [5, 5.41) is 7.25. The molecule has 1 N–H and O–H groups in total. The largest absolute Gasteiger partial charge is 0.464 e. The van der Waals surface area contributed by atoms with Crippen molar-refractivity contribution in [3.63, 3.8) is 0 Å². The lowest BCUT2D eigenvalue weighted by atomic mass is 10.2. The van der Waals surface area contributed by atoms with Gasteiger partial charge in [0.15, 0.2) is 0 Å². The van der Waals surface area contributed by atoms with Gasteiger partial charge in [-0.2, -0.15) is 5.10 Å². The van der Waals surface area contributed by atoms with E-state index in [1.165, 1.54) is 0 Å². The van der Waals surface area contributed by atoms with Crippen molar-refractivity contribution in [2.24, 2.45) is 0 Å². The van der Waals surface area contributed by atoms with Crippen LogP contribution in [0.2, 0.25) is 0 Å². The molecule has 2 aromatic heterocycles. The first-order chi connectivity index (χ1) is 12.2. The maximum Gasteiger partial charge on any atom is 0.318 e. The minimum absolute atomic E-state index is 0.0700. The van der Waals surface area contributed by atoms with Crippen molar-refractivity contribution in [3.05, 3.63) is 41.6 Å². The number of carbonyl (C=O) groups is 1. The van der Waals surface area contributed by atoms with Crippen LogP contribution >= 0.6 is 0 Å². The van der Waals surface area contributed by atoms with Gasteiger partial charge in [-0.1, -0.05) is 6.92 Å². The van der Waals surface area contributed by atoms with Crippen LogP contribution in [-0.2, 0) is 17.7 Å². The third kappa shape index (κ3) is 4.42. The lowest BCUT2D eigenvalue weighted by Crippen LogP contribution is -2.48. The fraction of sp³-hybridized carbons (Fsp3) is 0.556. The molecule has 1 saturated heterocycles. The van der Waals surface area contributed by atoms with Crippen molar-refractivity contribution in [2.45, 2.75) is 39.3 Å². The zero-order valence-corrected chi connectivity index (χ0v) is 14.9. The van der Waals surface area contributed by atoms with Gasteiger partial charge in [0, 0.05) is 32.3 Å². The summed E-state index contributed by atoms with van der Waals surface area (Å²) in [6, 6.07) is 3.67. The second kappa shape index (κ2) is 8.20. The number of carbonyl (C=O) groups excluding carboxylic acids is 1. The number of urea groups is 1. The summed E-state index contributed by atoms with van der Waals surface area (Å²) in [6.45, 7) is 7.05. The molecule has 1 fully saturated rings. The molecule has 25 heavy (non-hydrogen) atoms. The van der Waals surface area contributed by atoms with E-state index in [1.54, 1.807) is 4.90 Å². The maximum absolute atomic E-state index is 12.6. The molecule has 3 heterocycles. The summed E-state index contributed by atoms with van der Waals surface area (Å²) < 4.78 is 13.3. The molecule has 7 heteroatoms. The van der Waals surface area contributed by atoms with Crippen molar-refractivity contribution in [1.82, 2.24) is 20.0 Å². The SMILES string of the molecule is CCc1ccc(C2COCCN2C(=O)NCCCn2cc(C)cn2)o1. The van der Waals surface area contributed by atoms with Crippen molar-refractivity contribution >= 4 is 6.03 Å². The number of nitrogens with zero attached hydrogens (tertiary/aromatic N) is 3. The first-order valence-corrected chi connectivity index (χ1v) is 8.87. The van der Waals surface area contributed by atoms with E-state index in [-0.39, 0.29) is 12.1 Å². The van der Waals surface area contributed by atoms with Crippen LogP contribution in [0.5, 0.6) is 0 Å². The Morgan fingerprint density at radius 1 is 1.44 bits per heavy atom.